The molecule has 140 valence electrons. The van der Waals surface area contributed by atoms with Crippen LogP contribution in [-0.4, -0.2) is 37.9 Å². The molecule has 0 aliphatic carbocycles. The third-order valence-corrected chi connectivity index (χ3v) is 5.44. The number of halogens is 1. The standard InChI is InChI=1S/C17H19ClN2S.C4H8O/c1-19(2)10-5-11-20-14-6-3-4-7-16(14)21-17-9-8-13(18)12-15(17)20;1-3-4(2)5/h3-4,6-9,12H,5,10-11H2,1-2H3;3H2,1-2H3. The molecule has 0 radical (unpaired) electrons. The summed E-state index contributed by atoms with van der Waals surface area (Å²) in [6, 6.07) is 14.8. The minimum Gasteiger partial charge on any atom is -0.340 e. The summed E-state index contributed by atoms with van der Waals surface area (Å²) in [5, 5.41) is 0.798. The van der Waals surface area contributed by atoms with E-state index in [1.165, 1.54) is 21.2 Å². The Bertz CT molecular complexity index is 749. The molecule has 0 saturated carbocycles. The monoisotopic (exact) mass is 390 g/mol. The van der Waals surface area contributed by atoms with Gasteiger partial charge in [-0.3, -0.25) is 0 Å². The lowest BCUT2D eigenvalue weighted by Gasteiger charge is -2.33. The number of Topliss-reactive ketones (excluding diaryl/α,β-unsaturated/α-hetero) is 1. The molecular formula is C21H27ClN2OS. The summed E-state index contributed by atoms with van der Waals surface area (Å²) in [6.07, 6.45) is 1.79. The summed E-state index contributed by atoms with van der Waals surface area (Å²) < 4.78 is 0. The number of anilines is 2. The maximum atomic E-state index is 9.81. The number of benzene rings is 2. The first kappa shape index (κ1) is 20.8. The van der Waals surface area contributed by atoms with E-state index in [1.807, 2.05) is 24.8 Å². The SMILES string of the molecule is CCC(C)=O.CN(C)CCCN1c2ccccc2Sc2ccc(Cl)cc21. The fraction of sp³-hybridized carbons (Fsp3) is 0.381. The van der Waals surface area contributed by atoms with Gasteiger partial charge in [-0.1, -0.05) is 42.4 Å². The average molecular weight is 391 g/mol. The first-order chi connectivity index (χ1) is 12.4. The van der Waals surface area contributed by atoms with Gasteiger partial charge in [-0.15, -0.1) is 0 Å². The Hall–Kier alpha value is -1.49. The van der Waals surface area contributed by atoms with Crippen LogP contribution in [-0.2, 0) is 4.79 Å². The number of fused-ring (bicyclic) bond motifs is 2. The fourth-order valence-electron chi connectivity index (χ4n) is 2.59. The molecule has 0 fully saturated rings. The minimum atomic E-state index is 0.255. The van der Waals surface area contributed by atoms with Crippen molar-refractivity contribution in [1.29, 1.82) is 0 Å². The van der Waals surface area contributed by atoms with Gasteiger partial charge in [0.25, 0.3) is 0 Å². The van der Waals surface area contributed by atoms with Crippen LogP contribution in [0.3, 0.4) is 0 Å². The molecule has 5 heteroatoms. The van der Waals surface area contributed by atoms with Gasteiger partial charge in [0.05, 0.1) is 11.4 Å². The van der Waals surface area contributed by atoms with E-state index in [1.54, 1.807) is 6.92 Å². The van der Waals surface area contributed by atoms with Crippen molar-refractivity contribution in [2.24, 2.45) is 0 Å². The number of para-hydroxylation sites is 1. The number of hydrogen-bond acceptors (Lipinski definition) is 4. The van der Waals surface area contributed by atoms with Crippen LogP contribution in [0, 0.1) is 0 Å². The Morgan fingerprint density at radius 1 is 1.12 bits per heavy atom. The van der Waals surface area contributed by atoms with E-state index >= 15 is 0 Å². The number of rotatable bonds is 5. The maximum Gasteiger partial charge on any atom is 0.129 e. The molecule has 0 spiro atoms. The van der Waals surface area contributed by atoms with Crippen LogP contribution in [0.15, 0.2) is 52.3 Å². The van der Waals surface area contributed by atoms with Crippen molar-refractivity contribution in [1.82, 2.24) is 4.90 Å². The molecule has 1 aliphatic heterocycles. The fourth-order valence-corrected chi connectivity index (χ4v) is 3.83. The van der Waals surface area contributed by atoms with Gasteiger partial charge in [-0.25, -0.2) is 0 Å². The summed E-state index contributed by atoms with van der Waals surface area (Å²) in [4.78, 5) is 17.0. The van der Waals surface area contributed by atoms with Crippen molar-refractivity contribution < 1.29 is 4.79 Å². The van der Waals surface area contributed by atoms with Crippen molar-refractivity contribution >= 4 is 40.5 Å². The van der Waals surface area contributed by atoms with Gasteiger partial charge in [0.2, 0.25) is 0 Å². The molecule has 0 bridgehead atoms. The van der Waals surface area contributed by atoms with Gasteiger partial charge >= 0.3 is 0 Å². The highest BCUT2D eigenvalue weighted by Crippen LogP contribution is 2.48. The molecule has 3 rings (SSSR count). The number of carbonyl (C=O) groups is 1. The maximum absolute atomic E-state index is 9.81. The molecule has 0 saturated heterocycles. The normalized spacial score (nSPS) is 12.2. The second-order valence-corrected chi connectivity index (χ2v) is 8.07. The predicted molar refractivity (Wildman–Crippen MR) is 113 cm³/mol. The minimum absolute atomic E-state index is 0.255. The first-order valence-electron chi connectivity index (χ1n) is 8.90. The highest BCUT2D eigenvalue weighted by molar-refractivity contribution is 7.99. The molecular weight excluding hydrogens is 364 g/mol. The van der Waals surface area contributed by atoms with Gasteiger partial charge in [0.1, 0.15) is 5.78 Å². The third-order valence-electron chi connectivity index (χ3n) is 4.07. The van der Waals surface area contributed by atoms with E-state index in [9.17, 15) is 4.79 Å². The van der Waals surface area contributed by atoms with Crippen LogP contribution in [0.5, 0.6) is 0 Å². The van der Waals surface area contributed by atoms with Gasteiger partial charge in [-0.2, -0.15) is 0 Å². The van der Waals surface area contributed by atoms with E-state index in [0.717, 1.165) is 24.5 Å². The van der Waals surface area contributed by atoms with Crippen molar-refractivity contribution in [2.75, 3.05) is 32.1 Å². The topological polar surface area (TPSA) is 23.6 Å². The lowest BCUT2D eigenvalue weighted by atomic mass is 10.2. The Labute approximate surface area is 166 Å². The van der Waals surface area contributed by atoms with Crippen LogP contribution >= 0.6 is 23.4 Å². The summed E-state index contributed by atoms with van der Waals surface area (Å²) in [6.45, 7) is 5.52. The van der Waals surface area contributed by atoms with Gasteiger partial charge < -0.3 is 14.6 Å². The molecule has 0 aromatic heterocycles. The zero-order valence-corrected chi connectivity index (χ0v) is 17.5. The highest BCUT2D eigenvalue weighted by Gasteiger charge is 2.22. The Morgan fingerprint density at radius 2 is 1.77 bits per heavy atom. The number of ketones is 1. The van der Waals surface area contributed by atoms with E-state index in [4.69, 9.17) is 11.6 Å². The predicted octanol–water partition coefficient (Wildman–Crippen LogP) is 5.88. The van der Waals surface area contributed by atoms with Crippen LogP contribution in [0.4, 0.5) is 11.4 Å². The van der Waals surface area contributed by atoms with Gasteiger partial charge in [0, 0.05) is 27.8 Å². The molecule has 2 aromatic rings. The largest absolute Gasteiger partial charge is 0.340 e. The Balaban J connectivity index is 0.000000431. The zero-order chi connectivity index (χ0) is 19.1. The summed E-state index contributed by atoms with van der Waals surface area (Å²) in [5.41, 5.74) is 2.51. The third kappa shape index (κ3) is 5.76. The molecule has 0 atom stereocenters. The van der Waals surface area contributed by atoms with E-state index in [-0.39, 0.29) is 5.78 Å². The van der Waals surface area contributed by atoms with Crippen LogP contribution < -0.4 is 4.90 Å². The Kier molecular flexibility index (Phi) is 8.01. The van der Waals surface area contributed by atoms with Crippen LogP contribution in [0.25, 0.3) is 0 Å². The van der Waals surface area contributed by atoms with Crippen molar-refractivity contribution in [2.45, 2.75) is 36.5 Å². The van der Waals surface area contributed by atoms with Gasteiger partial charge in [-0.05, 0) is 64.3 Å². The molecule has 0 amide bonds. The number of hydrogen-bond donors (Lipinski definition) is 0. The van der Waals surface area contributed by atoms with Crippen molar-refractivity contribution in [3.05, 3.63) is 47.5 Å². The lowest BCUT2D eigenvalue weighted by Crippen LogP contribution is -2.25. The molecule has 0 N–H and O–H groups in total. The molecule has 26 heavy (non-hydrogen) atoms. The molecule has 0 unspecified atom stereocenters. The average Bonchev–Trinajstić information content (AvgIpc) is 2.61. The van der Waals surface area contributed by atoms with Crippen molar-refractivity contribution in [3.63, 3.8) is 0 Å². The number of nitrogens with zero attached hydrogens (tertiary/aromatic N) is 2. The number of carbonyl (C=O) groups excluding carboxylic acids is 1. The lowest BCUT2D eigenvalue weighted by molar-refractivity contribution is -0.116. The Morgan fingerprint density at radius 3 is 2.42 bits per heavy atom. The van der Waals surface area contributed by atoms with E-state index in [2.05, 4.69) is 60.3 Å². The van der Waals surface area contributed by atoms with Crippen LogP contribution in [0.2, 0.25) is 5.02 Å². The summed E-state index contributed by atoms with van der Waals surface area (Å²) in [5.74, 6) is 0.255. The summed E-state index contributed by atoms with van der Waals surface area (Å²) in [7, 11) is 4.23. The van der Waals surface area contributed by atoms with Crippen LogP contribution in [0.1, 0.15) is 26.7 Å². The quantitative estimate of drug-likeness (QED) is 0.636. The molecule has 1 aliphatic rings. The smallest absolute Gasteiger partial charge is 0.129 e. The van der Waals surface area contributed by atoms with Crippen molar-refractivity contribution in [3.8, 4) is 0 Å². The molecule has 1 heterocycles. The van der Waals surface area contributed by atoms with E-state index in [0.29, 0.717) is 6.42 Å². The second-order valence-electron chi connectivity index (χ2n) is 6.55. The molecule has 2 aromatic carbocycles. The summed E-state index contributed by atoms with van der Waals surface area (Å²) >= 11 is 8.03. The second kappa shape index (κ2) is 10.0. The zero-order valence-electron chi connectivity index (χ0n) is 16.0. The van der Waals surface area contributed by atoms with Gasteiger partial charge in [0.15, 0.2) is 0 Å². The van der Waals surface area contributed by atoms with E-state index < -0.39 is 0 Å². The highest BCUT2D eigenvalue weighted by atomic mass is 35.5. The first-order valence-corrected chi connectivity index (χ1v) is 10.1. The molecule has 3 nitrogen and oxygen atoms in total.